The maximum Gasteiger partial charge on any atom is 0.0741 e. The fourth-order valence-corrected chi connectivity index (χ4v) is 0.656. The van der Waals surface area contributed by atoms with Gasteiger partial charge in [-0.2, -0.15) is 0 Å². The van der Waals surface area contributed by atoms with Crippen LogP contribution in [0.25, 0.3) is 0 Å². The number of rotatable bonds is 2. The van der Waals surface area contributed by atoms with Gasteiger partial charge in [0.2, 0.25) is 0 Å². The number of hydrogen-bond acceptors (Lipinski definition) is 2. The molecular formula is C6H9NS. The van der Waals surface area contributed by atoms with Gasteiger partial charge in [-0.15, -0.1) is 0 Å². The van der Waals surface area contributed by atoms with Gasteiger partial charge < -0.3 is 0 Å². The van der Waals surface area contributed by atoms with E-state index in [0.29, 0.717) is 0 Å². The lowest BCUT2D eigenvalue weighted by Crippen LogP contribution is -1.75. The maximum atomic E-state index is 3.89. The normalized spacial score (nSPS) is 10.9. The Morgan fingerprint density at radius 1 is 1.62 bits per heavy atom. The van der Waals surface area contributed by atoms with Gasteiger partial charge in [0.15, 0.2) is 0 Å². The molecule has 0 spiro atoms. The third-order valence-electron chi connectivity index (χ3n) is 0.527. The van der Waals surface area contributed by atoms with E-state index in [1.54, 1.807) is 5.41 Å². The zero-order valence-corrected chi connectivity index (χ0v) is 5.74. The van der Waals surface area contributed by atoms with Crippen molar-refractivity contribution in [1.29, 1.82) is 0 Å². The molecule has 0 saturated carbocycles. The molecule has 0 bridgehead atoms. The highest BCUT2D eigenvalue weighted by atomic mass is 32.2. The molecule has 0 aromatic carbocycles. The Hall–Kier alpha value is -0.500. The summed E-state index contributed by atoms with van der Waals surface area (Å²) in [4.78, 5) is 3.89. The second-order valence-electron chi connectivity index (χ2n) is 1.12. The molecule has 2 heteroatoms. The molecule has 0 aliphatic carbocycles. The highest BCUT2D eigenvalue weighted by Gasteiger charge is 1.80. The van der Waals surface area contributed by atoms with Crippen LogP contribution in [0.2, 0.25) is 0 Å². The average Bonchev–Trinajstić information content (AvgIpc) is 1.68. The summed E-state index contributed by atoms with van der Waals surface area (Å²) in [5.41, 5.74) is 0. The van der Waals surface area contributed by atoms with Gasteiger partial charge in [-0.05, 0) is 12.3 Å². The summed E-state index contributed by atoms with van der Waals surface area (Å²) >= 11 is 1.50. The molecule has 0 N–H and O–H groups in total. The summed E-state index contributed by atoms with van der Waals surface area (Å²) in [6, 6.07) is 0. The molecule has 0 aromatic heterocycles. The summed E-state index contributed by atoms with van der Waals surface area (Å²) in [7, 11) is 0. The van der Waals surface area contributed by atoms with E-state index < -0.39 is 0 Å². The van der Waals surface area contributed by atoms with Gasteiger partial charge in [0.1, 0.15) is 0 Å². The Labute approximate surface area is 54.2 Å². The van der Waals surface area contributed by atoms with Crippen molar-refractivity contribution < 1.29 is 0 Å². The average molecular weight is 127 g/mol. The Morgan fingerprint density at radius 2 is 2.25 bits per heavy atom. The summed E-state index contributed by atoms with van der Waals surface area (Å²) in [5.74, 6) is 0. The first kappa shape index (κ1) is 7.50. The zero-order chi connectivity index (χ0) is 6.41. The van der Waals surface area contributed by atoms with Gasteiger partial charge in [-0.25, -0.2) is 0 Å². The van der Waals surface area contributed by atoms with Crippen LogP contribution in [0.3, 0.4) is 0 Å². The monoisotopic (exact) mass is 127 g/mol. The van der Waals surface area contributed by atoms with E-state index in [2.05, 4.69) is 18.2 Å². The highest BCUT2D eigenvalue weighted by Crippen LogP contribution is 2.02. The molecule has 0 heterocycles. The quantitative estimate of drug-likeness (QED) is 0.410. The highest BCUT2D eigenvalue weighted by molar-refractivity contribution is 8.16. The summed E-state index contributed by atoms with van der Waals surface area (Å²) in [5, 5.41) is 2.71. The number of hydrogen-bond donors (Lipinski definition) is 0. The molecule has 0 amide bonds. The molecule has 1 nitrogen and oxygen atoms in total. The molecule has 0 saturated heterocycles. The van der Waals surface area contributed by atoms with E-state index in [1.165, 1.54) is 18.0 Å². The molecule has 0 atom stereocenters. The van der Waals surface area contributed by atoms with Gasteiger partial charge in [0, 0.05) is 6.20 Å². The van der Waals surface area contributed by atoms with Gasteiger partial charge in [0.05, 0.1) is 5.04 Å². The first-order chi connectivity index (χ1) is 3.81. The van der Waals surface area contributed by atoms with E-state index in [1.807, 2.05) is 6.92 Å². The van der Waals surface area contributed by atoms with Crippen LogP contribution in [0.15, 0.2) is 29.8 Å². The molecule has 0 aliphatic rings. The maximum absolute atomic E-state index is 3.89. The minimum absolute atomic E-state index is 0.968. The predicted molar refractivity (Wildman–Crippen MR) is 41.1 cm³/mol. The standard InChI is InChI=1S/C6H9NS/c1-4-7-6(3)8-5-2/h4-5H,1-2H2,3H3/b7-6-. The molecular weight excluding hydrogens is 118 g/mol. The van der Waals surface area contributed by atoms with E-state index in [4.69, 9.17) is 0 Å². The number of thioether (sulfide) groups is 1. The van der Waals surface area contributed by atoms with E-state index in [9.17, 15) is 0 Å². The van der Waals surface area contributed by atoms with E-state index in [-0.39, 0.29) is 0 Å². The molecule has 0 aliphatic heterocycles. The van der Waals surface area contributed by atoms with Crippen LogP contribution >= 0.6 is 11.8 Å². The van der Waals surface area contributed by atoms with Crippen LogP contribution in [0.1, 0.15) is 6.92 Å². The third-order valence-corrected chi connectivity index (χ3v) is 1.14. The molecule has 0 fully saturated rings. The fourth-order valence-electron chi connectivity index (χ4n) is 0.280. The minimum Gasteiger partial charge on any atom is -0.255 e. The van der Waals surface area contributed by atoms with Gasteiger partial charge >= 0.3 is 0 Å². The lowest BCUT2D eigenvalue weighted by Gasteiger charge is -1.86. The molecule has 0 radical (unpaired) electrons. The van der Waals surface area contributed by atoms with Crippen LogP contribution in [0, 0.1) is 0 Å². The van der Waals surface area contributed by atoms with Gasteiger partial charge in [-0.1, -0.05) is 24.9 Å². The molecule has 0 aromatic rings. The lowest BCUT2D eigenvalue weighted by atomic mass is 10.8. The summed E-state index contributed by atoms with van der Waals surface area (Å²) in [6.07, 6.45) is 1.52. The molecule has 0 rings (SSSR count). The zero-order valence-electron chi connectivity index (χ0n) is 4.92. The Bertz CT molecular complexity index is 116. The Balaban J connectivity index is 3.60. The molecule has 8 heavy (non-hydrogen) atoms. The summed E-state index contributed by atoms with van der Waals surface area (Å²) in [6.45, 7) is 8.89. The number of aliphatic imine (C=N–C) groups is 1. The Kier molecular flexibility index (Phi) is 4.36. The van der Waals surface area contributed by atoms with Crippen LogP contribution in [0.4, 0.5) is 0 Å². The molecule has 44 valence electrons. The van der Waals surface area contributed by atoms with E-state index >= 15 is 0 Å². The van der Waals surface area contributed by atoms with Crippen molar-refractivity contribution in [1.82, 2.24) is 0 Å². The van der Waals surface area contributed by atoms with Gasteiger partial charge in [-0.3, -0.25) is 4.99 Å². The topological polar surface area (TPSA) is 12.4 Å². The smallest absolute Gasteiger partial charge is 0.0741 e. The van der Waals surface area contributed by atoms with Crippen molar-refractivity contribution in [3.8, 4) is 0 Å². The summed E-state index contributed by atoms with van der Waals surface area (Å²) < 4.78 is 0. The number of nitrogens with zero attached hydrogens (tertiary/aromatic N) is 1. The van der Waals surface area contributed by atoms with Gasteiger partial charge in [0.25, 0.3) is 0 Å². The van der Waals surface area contributed by atoms with Crippen LogP contribution < -0.4 is 0 Å². The Morgan fingerprint density at radius 3 is 2.62 bits per heavy atom. The van der Waals surface area contributed by atoms with Crippen molar-refractivity contribution in [3.63, 3.8) is 0 Å². The largest absolute Gasteiger partial charge is 0.255 e. The SMILES string of the molecule is C=C/N=C(/C)SC=C. The first-order valence-corrected chi connectivity index (χ1v) is 3.12. The second kappa shape index (κ2) is 4.65. The van der Waals surface area contributed by atoms with Crippen molar-refractivity contribution >= 4 is 16.8 Å². The minimum atomic E-state index is 0.968. The van der Waals surface area contributed by atoms with Crippen LogP contribution in [-0.2, 0) is 0 Å². The van der Waals surface area contributed by atoms with Crippen LogP contribution in [-0.4, -0.2) is 5.04 Å². The van der Waals surface area contributed by atoms with Crippen molar-refractivity contribution in [2.45, 2.75) is 6.92 Å². The lowest BCUT2D eigenvalue weighted by molar-refractivity contribution is 1.59. The first-order valence-electron chi connectivity index (χ1n) is 2.24. The van der Waals surface area contributed by atoms with Crippen molar-refractivity contribution in [2.75, 3.05) is 0 Å². The predicted octanol–water partition coefficient (Wildman–Crippen LogP) is 2.43. The fraction of sp³-hybridized carbons (Fsp3) is 0.167. The van der Waals surface area contributed by atoms with E-state index in [0.717, 1.165) is 5.04 Å². The third kappa shape index (κ3) is 3.68. The van der Waals surface area contributed by atoms with Crippen molar-refractivity contribution in [3.05, 3.63) is 24.8 Å². The second-order valence-corrected chi connectivity index (χ2v) is 2.28. The van der Waals surface area contributed by atoms with Crippen LogP contribution in [0.5, 0.6) is 0 Å². The van der Waals surface area contributed by atoms with Crippen molar-refractivity contribution in [2.24, 2.45) is 4.99 Å². The molecule has 0 unspecified atom stereocenters.